The average molecular weight is 511 g/mol. The quantitative estimate of drug-likeness (QED) is 0.290. The van der Waals surface area contributed by atoms with Crippen molar-refractivity contribution in [3.05, 3.63) is 29.5 Å². The Balaban J connectivity index is 1.63. The monoisotopic (exact) mass is 510 g/mol. The van der Waals surface area contributed by atoms with Crippen LogP contribution < -0.4 is 10.1 Å². The zero-order valence-corrected chi connectivity index (χ0v) is 19.0. The van der Waals surface area contributed by atoms with Gasteiger partial charge in [0.25, 0.3) is 0 Å². The number of alkyl halides is 6. The lowest BCUT2D eigenvalue weighted by Gasteiger charge is -2.29. The van der Waals surface area contributed by atoms with Gasteiger partial charge < -0.3 is 19.8 Å². The summed E-state index contributed by atoms with van der Waals surface area (Å²) < 4.78 is 71.9. The Bertz CT molecular complexity index is 1030. The Morgan fingerprint density at radius 1 is 1.15 bits per heavy atom. The summed E-state index contributed by atoms with van der Waals surface area (Å²) in [5, 5.41) is 3.36. The second-order valence-electron chi connectivity index (χ2n) is 8.25. The van der Waals surface area contributed by atoms with Crippen LogP contribution in [0.4, 0.5) is 22.0 Å². The molecule has 1 aromatic heterocycles. The standard InChI is InChI=1S/C22H24ClF5N2O4/c1-12-14(17-10-13(34-22(23,27)28)6-7-18(17)30-12)8-9-29-19(31)15-4-2-3-5-16(15)20(32)33-11-21(24,25)26/h6-7,10,15-16,30H,2-5,8-9,11H2,1H3,(H,29,31)/t15-,16-/m0/s1. The fourth-order valence-corrected chi connectivity index (χ4v) is 4.40. The van der Waals surface area contributed by atoms with Crippen LogP contribution in [0.2, 0.25) is 0 Å². The van der Waals surface area contributed by atoms with Gasteiger partial charge in [-0.15, -0.1) is 8.78 Å². The van der Waals surface area contributed by atoms with Crippen LogP contribution in [0.3, 0.4) is 0 Å². The number of nitrogens with one attached hydrogen (secondary N) is 2. The van der Waals surface area contributed by atoms with E-state index in [1.807, 2.05) is 0 Å². The third-order valence-corrected chi connectivity index (χ3v) is 5.86. The van der Waals surface area contributed by atoms with Gasteiger partial charge in [-0.25, -0.2) is 0 Å². The third-order valence-electron chi connectivity index (χ3n) is 5.78. The number of aromatic amines is 1. The first-order valence-electron chi connectivity index (χ1n) is 10.7. The molecule has 1 aliphatic rings. The Morgan fingerprint density at radius 2 is 1.82 bits per heavy atom. The predicted octanol–water partition coefficient (Wildman–Crippen LogP) is 5.21. The number of hydrogen-bond acceptors (Lipinski definition) is 4. The second kappa shape index (κ2) is 10.4. The van der Waals surface area contributed by atoms with Crippen molar-refractivity contribution in [2.24, 2.45) is 11.8 Å². The number of halogens is 6. The van der Waals surface area contributed by atoms with Crippen LogP contribution in [0.1, 0.15) is 36.9 Å². The molecule has 0 radical (unpaired) electrons. The molecule has 0 saturated heterocycles. The van der Waals surface area contributed by atoms with E-state index in [1.54, 1.807) is 13.0 Å². The molecule has 1 heterocycles. The number of H-pyrrole nitrogens is 1. The molecule has 0 unspecified atom stereocenters. The van der Waals surface area contributed by atoms with E-state index in [4.69, 9.17) is 11.6 Å². The molecular weight excluding hydrogens is 487 g/mol. The van der Waals surface area contributed by atoms with Gasteiger partial charge in [-0.1, -0.05) is 12.8 Å². The summed E-state index contributed by atoms with van der Waals surface area (Å²) in [6.45, 7) is 0.281. The van der Waals surface area contributed by atoms with Crippen LogP contribution in [0, 0.1) is 18.8 Å². The van der Waals surface area contributed by atoms with E-state index >= 15 is 0 Å². The summed E-state index contributed by atoms with van der Waals surface area (Å²) in [4.78, 5) is 28.0. The van der Waals surface area contributed by atoms with Gasteiger partial charge in [0.2, 0.25) is 5.91 Å². The smallest absolute Gasteiger partial charge is 0.456 e. The Hall–Kier alpha value is -2.56. The summed E-state index contributed by atoms with van der Waals surface area (Å²) in [6, 6.07) is 4.34. The Morgan fingerprint density at radius 3 is 2.47 bits per heavy atom. The minimum absolute atomic E-state index is 0.126. The third kappa shape index (κ3) is 6.97. The van der Waals surface area contributed by atoms with Gasteiger partial charge in [0, 0.05) is 34.7 Å². The molecule has 2 aromatic rings. The highest BCUT2D eigenvalue weighted by Gasteiger charge is 2.39. The number of aryl methyl sites for hydroxylation is 1. The summed E-state index contributed by atoms with van der Waals surface area (Å²) in [6.07, 6.45) is -2.34. The van der Waals surface area contributed by atoms with E-state index < -0.39 is 42.1 Å². The Kier molecular flexibility index (Phi) is 7.95. The highest BCUT2D eigenvalue weighted by molar-refractivity contribution is 6.20. The molecule has 34 heavy (non-hydrogen) atoms. The molecule has 0 spiro atoms. The maximum absolute atomic E-state index is 13.0. The number of hydrogen-bond donors (Lipinski definition) is 2. The van der Waals surface area contributed by atoms with Gasteiger partial charge in [-0.2, -0.15) is 13.2 Å². The largest absolute Gasteiger partial charge is 0.487 e. The summed E-state index contributed by atoms with van der Waals surface area (Å²) in [7, 11) is 0. The van der Waals surface area contributed by atoms with Gasteiger partial charge >= 0.3 is 17.7 Å². The van der Waals surface area contributed by atoms with Crippen molar-refractivity contribution < 1.29 is 41.0 Å². The van der Waals surface area contributed by atoms with Gasteiger partial charge in [-0.05, 0) is 49.9 Å². The molecule has 0 bridgehead atoms. The number of benzene rings is 1. The number of fused-ring (bicyclic) bond motifs is 1. The van der Waals surface area contributed by atoms with Gasteiger partial charge in [-0.3, -0.25) is 9.59 Å². The molecule has 2 N–H and O–H groups in total. The van der Waals surface area contributed by atoms with Crippen molar-refractivity contribution >= 4 is 34.4 Å². The molecule has 1 amide bonds. The molecule has 12 heteroatoms. The number of aromatic nitrogens is 1. The average Bonchev–Trinajstić information content (AvgIpc) is 3.05. The molecule has 3 rings (SSSR count). The van der Waals surface area contributed by atoms with Crippen molar-refractivity contribution in [1.82, 2.24) is 10.3 Å². The zero-order valence-electron chi connectivity index (χ0n) is 18.2. The first kappa shape index (κ1) is 26.1. The molecule has 6 nitrogen and oxygen atoms in total. The van der Waals surface area contributed by atoms with Crippen molar-refractivity contribution in [3.8, 4) is 5.75 Å². The van der Waals surface area contributed by atoms with Crippen LogP contribution in [0.5, 0.6) is 5.75 Å². The van der Waals surface area contributed by atoms with Crippen molar-refractivity contribution in [3.63, 3.8) is 0 Å². The van der Waals surface area contributed by atoms with E-state index in [0.717, 1.165) is 11.3 Å². The maximum atomic E-state index is 13.0. The van der Waals surface area contributed by atoms with E-state index in [1.165, 1.54) is 12.1 Å². The SMILES string of the molecule is Cc1[nH]c2ccc(OC(F)(F)Cl)cc2c1CCNC(=O)[C@H]1CCCC[C@@H]1C(=O)OCC(F)(F)F. The van der Waals surface area contributed by atoms with Crippen LogP contribution in [0.15, 0.2) is 18.2 Å². The number of amides is 1. The molecular formula is C22H24ClF5N2O4. The first-order chi connectivity index (χ1) is 15.8. The fraction of sp³-hybridized carbons (Fsp3) is 0.545. The molecule has 188 valence electrons. The predicted molar refractivity (Wildman–Crippen MR) is 114 cm³/mol. The molecule has 0 aliphatic heterocycles. The van der Waals surface area contributed by atoms with Crippen molar-refractivity contribution in [1.29, 1.82) is 0 Å². The van der Waals surface area contributed by atoms with Crippen LogP contribution in [-0.2, 0) is 20.7 Å². The lowest BCUT2D eigenvalue weighted by molar-refractivity contribution is -0.191. The van der Waals surface area contributed by atoms with E-state index in [0.29, 0.717) is 36.6 Å². The molecule has 2 atom stereocenters. The van der Waals surface area contributed by atoms with Crippen LogP contribution in [-0.4, -0.2) is 41.8 Å². The lowest BCUT2D eigenvalue weighted by Crippen LogP contribution is -2.41. The molecule has 1 aromatic carbocycles. The van der Waals surface area contributed by atoms with Gasteiger partial charge in [0.15, 0.2) is 6.61 Å². The summed E-state index contributed by atoms with van der Waals surface area (Å²) in [5.41, 5.74) is -1.64. The van der Waals surface area contributed by atoms with E-state index in [9.17, 15) is 31.5 Å². The van der Waals surface area contributed by atoms with Crippen molar-refractivity contribution in [2.75, 3.05) is 13.2 Å². The first-order valence-corrected chi connectivity index (χ1v) is 11.1. The summed E-state index contributed by atoms with van der Waals surface area (Å²) >= 11 is 4.83. The number of rotatable bonds is 8. The normalized spacial score (nSPS) is 19.1. The number of carbonyl (C=O) groups is 2. The minimum Gasteiger partial charge on any atom is -0.456 e. The zero-order chi connectivity index (χ0) is 25.1. The Labute approximate surface area is 197 Å². The van der Waals surface area contributed by atoms with Crippen LogP contribution >= 0.6 is 11.6 Å². The molecule has 1 aliphatic carbocycles. The number of esters is 1. The number of carbonyl (C=O) groups excluding carboxylic acids is 2. The lowest BCUT2D eigenvalue weighted by atomic mass is 9.78. The van der Waals surface area contributed by atoms with E-state index in [-0.39, 0.29) is 18.7 Å². The van der Waals surface area contributed by atoms with Crippen LogP contribution in [0.25, 0.3) is 10.9 Å². The van der Waals surface area contributed by atoms with Gasteiger partial charge in [0.1, 0.15) is 5.75 Å². The highest BCUT2D eigenvalue weighted by Crippen LogP contribution is 2.33. The molecule has 1 saturated carbocycles. The maximum Gasteiger partial charge on any atom is 0.487 e. The molecule has 1 fully saturated rings. The van der Waals surface area contributed by atoms with E-state index in [2.05, 4.69) is 19.8 Å². The minimum atomic E-state index is -4.64. The summed E-state index contributed by atoms with van der Waals surface area (Å²) in [5.74, 6) is -3.28. The topological polar surface area (TPSA) is 80.4 Å². The highest BCUT2D eigenvalue weighted by atomic mass is 35.5. The van der Waals surface area contributed by atoms with Gasteiger partial charge in [0.05, 0.1) is 11.8 Å². The van der Waals surface area contributed by atoms with Crippen molar-refractivity contribution in [2.45, 2.75) is 50.8 Å². The number of ether oxygens (including phenoxy) is 2. The fourth-order valence-electron chi connectivity index (χ4n) is 4.31. The second-order valence-corrected chi connectivity index (χ2v) is 8.69.